The summed E-state index contributed by atoms with van der Waals surface area (Å²) in [7, 11) is 1.62. The van der Waals surface area contributed by atoms with Crippen LogP contribution in [0.4, 0.5) is 4.79 Å². The van der Waals surface area contributed by atoms with E-state index in [0.717, 1.165) is 6.42 Å². The van der Waals surface area contributed by atoms with E-state index in [1.54, 1.807) is 12.0 Å². The second-order valence-corrected chi connectivity index (χ2v) is 4.10. The van der Waals surface area contributed by atoms with Crippen molar-refractivity contribution >= 4 is 12.0 Å². The Hall–Kier alpha value is -1.34. The average molecular weight is 246 g/mol. The third-order valence-electron chi connectivity index (χ3n) is 2.71. The smallest absolute Gasteiger partial charge is 0.334 e. The molecule has 0 bridgehead atoms. The third-order valence-corrected chi connectivity index (χ3v) is 2.71. The number of carbonyl (C=O) groups is 2. The van der Waals surface area contributed by atoms with Gasteiger partial charge < -0.3 is 25.2 Å². The van der Waals surface area contributed by atoms with Crippen LogP contribution in [0.25, 0.3) is 0 Å². The van der Waals surface area contributed by atoms with E-state index in [4.69, 9.17) is 14.9 Å². The van der Waals surface area contributed by atoms with Crippen LogP contribution >= 0.6 is 0 Å². The SMILES string of the molecule is COCC1CCN(C(=O)NCC(O)C(=O)O)C1. The molecule has 1 aliphatic rings. The molecule has 0 aliphatic carbocycles. The summed E-state index contributed by atoms with van der Waals surface area (Å²) < 4.78 is 5.01. The Balaban J connectivity index is 2.27. The first kappa shape index (κ1) is 13.7. The number of aliphatic hydroxyl groups excluding tert-OH is 1. The number of hydrogen-bond donors (Lipinski definition) is 3. The van der Waals surface area contributed by atoms with Crippen molar-refractivity contribution < 1.29 is 24.5 Å². The molecule has 98 valence electrons. The fourth-order valence-electron chi connectivity index (χ4n) is 1.77. The molecule has 1 saturated heterocycles. The zero-order valence-corrected chi connectivity index (χ0v) is 9.76. The van der Waals surface area contributed by atoms with E-state index in [1.807, 2.05) is 0 Å². The number of nitrogens with zero attached hydrogens (tertiary/aromatic N) is 1. The first-order valence-corrected chi connectivity index (χ1v) is 5.47. The normalized spacial score (nSPS) is 21.3. The Labute approximate surface area is 99.4 Å². The number of aliphatic carboxylic acids is 1. The highest BCUT2D eigenvalue weighted by molar-refractivity contribution is 5.77. The van der Waals surface area contributed by atoms with E-state index in [2.05, 4.69) is 5.32 Å². The maximum Gasteiger partial charge on any atom is 0.334 e. The first-order chi connectivity index (χ1) is 8.04. The van der Waals surface area contributed by atoms with E-state index in [0.29, 0.717) is 25.6 Å². The summed E-state index contributed by atoms with van der Waals surface area (Å²) in [6.45, 7) is 1.56. The summed E-state index contributed by atoms with van der Waals surface area (Å²) in [5, 5.41) is 19.8. The molecule has 0 aromatic rings. The minimum absolute atomic E-state index is 0.278. The summed E-state index contributed by atoms with van der Waals surface area (Å²) in [4.78, 5) is 23.5. The van der Waals surface area contributed by atoms with Gasteiger partial charge in [-0.05, 0) is 6.42 Å². The molecule has 0 radical (unpaired) electrons. The highest BCUT2D eigenvalue weighted by atomic mass is 16.5. The van der Waals surface area contributed by atoms with Crippen molar-refractivity contribution in [2.24, 2.45) is 5.92 Å². The van der Waals surface area contributed by atoms with Crippen LogP contribution in [0.3, 0.4) is 0 Å². The van der Waals surface area contributed by atoms with Crippen molar-refractivity contribution in [1.82, 2.24) is 10.2 Å². The molecule has 3 N–H and O–H groups in total. The highest BCUT2D eigenvalue weighted by Crippen LogP contribution is 2.15. The Morgan fingerprint density at radius 3 is 2.88 bits per heavy atom. The number of carboxylic acid groups (broad SMARTS) is 1. The fraction of sp³-hybridized carbons (Fsp3) is 0.800. The number of likely N-dealkylation sites (tertiary alicyclic amines) is 1. The van der Waals surface area contributed by atoms with Crippen LogP contribution in [0.5, 0.6) is 0 Å². The number of urea groups is 1. The molecule has 7 heteroatoms. The van der Waals surface area contributed by atoms with Gasteiger partial charge in [-0.15, -0.1) is 0 Å². The number of ether oxygens (including phenoxy) is 1. The van der Waals surface area contributed by atoms with Gasteiger partial charge in [0.25, 0.3) is 0 Å². The molecule has 2 unspecified atom stereocenters. The van der Waals surface area contributed by atoms with Crippen molar-refractivity contribution in [3.8, 4) is 0 Å². The molecule has 0 aromatic heterocycles. The van der Waals surface area contributed by atoms with Gasteiger partial charge in [0.15, 0.2) is 6.10 Å². The molecule has 0 saturated carbocycles. The van der Waals surface area contributed by atoms with Crippen molar-refractivity contribution in [2.45, 2.75) is 12.5 Å². The zero-order valence-electron chi connectivity index (χ0n) is 9.76. The van der Waals surface area contributed by atoms with E-state index in [1.165, 1.54) is 0 Å². The molecular formula is C10H18N2O5. The van der Waals surface area contributed by atoms with E-state index in [-0.39, 0.29) is 12.6 Å². The number of carbonyl (C=O) groups excluding carboxylic acids is 1. The predicted octanol–water partition coefficient (Wildman–Crippen LogP) is -0.890. The minimum atomic E-state index is -1.56. The molecule has 1 fully saturated rings. The summed E-state index contributed by atoms with van der Waals surface area (Å²) in [5.41, 5.74) is 0. The van der Waals surface area contributed by atoms with Crippen LogP contribution in [-0.4, -0.2) is 66.6 Å². The van der Waals surface area contributed by atoms with Gasteiger partial charge in [-0.3, -0.25) is 0 Å². The monoisotopic (exact) mass is 246 g/mol. The van der Waals surface area contributed by atoms with Crippen molar-refractivity contribution in [3.05, 3.63) is 0 Å². The van der Waals surface area contributed by atoms with Crippen molar-refractivity contribution in [1.29, 1.82) is 0 Å². The maximum absolute atomic E-state index is 11.6. The van der Waals surface area contributed by atoms with E-state index >= 15 is 0 Å². The number of aliphatic hydroxyl groups is 1. The number of rotatable bonds is 5. The Morgan fingerprint density at radius 2 is 2.29 bits per heavy atom. The van der Waals surface area contributed by atoms with Gasteiger partial charge in [0, 0.05) is 26.1 Å². The van der Waals surface area contributed by atoms with Gasteiger partial charge in [-0.2, -0.15) is 0 Å². The molecule has 0 spiro atoms. The van der Waals surface area contributed by atoms with Gasteiger partial charge in [0.2, 0.25) is 0 Å². The lowest BCUT2D eigenvalue weighted by atomic mass is 10.1. The van der Waals surface area contributed by atoms with Gasteiger partial charge in [-0.25, -0.2) is 9.59 Å². The van der Waals surface area contributed by atoms with Gasteiger partial charge in [0.1, 0.15) is 0 Å². The minimum Gasteiger partial charge on any atom is -0.479 e. The lowest BCUT2D eigenvalue weighted by Gasteiger charge is -2.17. The lowest BCUT2D eigenvalue weighted by Crippen LogP contribution is -2.43. The second kappa shape index (κ2) is 6.41. The standard InChI is InChI=1S/C10H18N2O5/c1-17-6-7-2-3-12(5-7)10(16)11-4-8(13)9(14)15/h7-8,13H,2-6H2,1H3,(H,11,16)(H,14,15). The van der Waals surface area contributed by atoms with Gasteiger partial charge in [0.05, 0.1) is 13.2 Å². The van der Waals surface area contributed by atoms with E-state index in [9.17, 15) is 9.59 Å². The number of hydrogen-bond acceptors (Lipinski definition) is 4. The molecule has 7 nitrogen and oxygen atoms in total. The summed E-state index contributed by atoms with van der Waals surface area (Å²) in [6, 6.07) is -0.344. The van der Waals surface area contributed by atoms with Crippen LogP contribution in [0.15, 0.2) is 0 Å². The van der Waals surface area contributed by atoms with Crippen LogP contribution in [0.2, 0.25) is 0 Å². The second-order valence-electron chi connectivity index (χ2n) is 4.10. The number of nitrogens with one attached hydrogen (secondary N) is 1. The molecule has 0 aromatic carbocycles. The number of carboxylic acids is 1. The van der Waals surface area contributed by atoms with Crippen molar-refractivity contribution in [3.63, 3.8) is 0 Å². The maximum atomic E-state index is 11.6. The van der Waals surface area contributed by atoms with Gasteiger partial charge >= 0.3 is 12.0 Å². The van der Waals surface area contributed by atoms with Gasteiger partial charge in [-0.1, -0.05) is 0 Å². The summed E-state index contributed by atoms with van der Waals surface area (Å²) in [6.07, 6.45) is -0.681. The summed E-state index contributed by atoms with van der Waals surface area (Å²) >= 11 is 0. The quantitative estimate of drug-likeness (QED) is 0.584. The Bertz CT molecular complexity index is 284. The van der Waals surface area contributed by atoms with Crippen LogP contribution in [0.1, 0.15) is 6.42 Å². The van der Waals surface area contributed by atoms with Crippen LogP contribution in [-0.2, 0) is 9.53 Å². The fourth-order valence-corrected chi connectivity index (χ4v) is 1.77. The zero-order chi connectivity index (χ0) is 12.8. The number of methoxy groups -OCH3 is 1. The predicted molar refractivity (Wildman–Crippen MR) is 58.6 cm³/mol. The first-order valence-electron chi connectivity index (χ1n) is 5.47. The highest BCUT2D eigenvalue weighted by Gasteiger charge is 2.26. The topological polar surface area (TPSA) is 99.1 Å². The third kappa shape index (κ3) is 4.20. The molecular weight excluding hydrogens is 228 g/mol. The molecule has 1 aliphatic heterocycles. The molecule has 1 heterocycles. The summed E-state index contributed by atoms with van der Waals surface area (Å²) in [5.74, 6) is -1.01. The largest absolute Gasteiger partial charge is 0.479 e. The molecule has 17 heavy (non-hydrogen) atoms. The van der Waals surface area contributed by atoms with Crippen LogP contribution in [0, 0.1) is 5.92 Å². The number of amides is 2. The Morgan fingerprint density at radius 1 is 1.59 bits per heavy atom. The van der Waals surface area contributed by atoms with E-state index < -0.39 is 12.1 Å². The molecule has 2 amide bonds. The average Bonchev–Trinajstić information content (AvgIpc) is 2.74. The lowest BCUT2D eigenvalue weighted by molar-refractivity contribution is -0.146. The molecule has 1 rings (SSSR count). The van der Waals surface area contributed by atoms with Crippen LogP contribution < -0.4 is 5.32 Å². The van der Waals surface area contributed by atoms with Crippen molar-refractivity contribution in [2.75, 3.05) is 33.4 Å². The molecule has 2 atom stereocenters. The Kier molecular flexibility index (Phi) is 5.17.